The third-order valence-corrected chi connectivity index (χ3v) is 8.98. The van der Waals surface area contributed by atoms with Gasteiger partial charge < -0.3 is 24.6 Å². The molecule has 9 heteroatoms. The molecule has 0 bridgehead atoms. The Labute approximate surface area is 258 Å². The van der Waals surface area contributed by atoms with E-state index in [9.17, 15) is 14.0 Å². The molecule has 3 aliphatic rings. The first kappa shape index (κ1) is 29.9. The lowest BCUT2D eigenvalue weighted by molar-refractivity contribution is -0.124. The van der Waals surface area contributed by atoms with Crippen molar-refractivity contribution in [1.82, 2.24) is 15.1 Å². The number of ether oxygens (including phenoxy) is 2. The standard InChI is InChI=1S/C35H41FN4O4/c1-3-43-30-22-24-14-17-40-33(29(24)23-31(30)44-4-2)32(27-8-5-6-9-28(27)35(40)42)34(41)37-15-7-16-38-18-20-39(21-19-38)26-12-10-25(36)11-13-26/h5-6,8-13,22-23,32-33H,3-4,7,14-21H2,1-2H3,(H,37,41)/t32-,33-/m1/s1. The number of carbonyl (C=O) groups excluding carboxylic acids is 2. The molecule has 0 saturated carbocycles. The number of nitrogens with one attached hydrogen (secondary N) is 1. The zero-order valence-electron chi connectivity index (χ0n) is 25.6. The number of piperazine rings is 1. The van der Waals surface area contributed by atoms with Crippen molar-refractivity contribution in [2.24, 2.45) is 0 Å². The van der Waals surface area contributed by atoms with Crippen LogP contribution in [0.4, 0.5) is 10.1 Å². The minimum absolute atomic E-state index is 0.0353. The summed E-state index contributed by atoms with van der Waals surface area (Å²) in [6.45, 7) is 10.5. The van der Waals surface area contributed by atoms with E-state index in [1.54, 1.807) is 0 Å². The van der Waals surface area contributed by atoms with Gasteiger partial charge in [0.25, 0.3) is 5.91 Å². The molecule has 0 aliphatic carbocycles. The lowest BCUT2D eigenvalue weighted by atomic mass is 9.75. The molecular formula is C35H41FN4O4. The second-order valence-corrected chi connectivity index (χ2v) is 11.6. The second-order valence-electron chi connectivity index (χ2n) is 11.6. The van der Waals surface area contributed by atoms with Crippen LogP contribution in [-0.2, 0) is 11.2 Å². The van der Waals surface area contributed by atoms with Crippen molar-refractivity contribution < 1.29 is 23.5 Å². The average Bonchev–Trinajstić information content (AvgIpc) is 3.04. The quantitative estimate of drug-likeness (QED) is 0.338. The molecule has 3 aromatic carbocycles. The van der Waals surface area contributed by atoms with Crippen molar-refractivity contribution in [3.8, 4) is 11.5 Å². The molecule has 6 rings (SSSR count). The van der Waals surface area contributed by atoms with Crippen molar-refractivity contribution in [1.29, 1.82) is 0 Å². The van der Waals surface area contributed by atoms with Crippen LogP contribution in [0.25, 0.3) is 0 Å². The third-order valence-electron chi connectivity index (χ3n) is 8.98. The van der Waals surface area contributed by atoms with Gasteiger partial charge in [0.2, 0.25) is 5.91 Å². The van der Waals surface area contributed by atoms with Crippen LogP contribution in [0, 0.1) is 5.82 Å². The number of benzene rings is 3. The van der Waals surface area contributed by atoms with E-state index in [4.69, 9.17) is 9.47 Å². The highest BCUT2D eigenvalue weighted by molar-refractivity contribution is 6.01. The molecule has 8 nitrogen and oxygen atoms in total. The Morgan fingerprint density at radius 1 is 0.909 bits per heavy atom. The molecule has 0 unspecified atom stereocenters. The summed E-state index contributed by atoms with van der Waals surface area (Å²) >= 11 is 0. The van der Waals surface area contributed by atoms with Crippen molar-refractivity contribution in [3.63, 3.8) is 0 Å². The molecule has 1 fully saturated rings. The molecule has 3 aliphatic heterocycles. The molecule has 44 heavy (non-hydrogen) atoms. The van der Waals surface area contributed by atoms with Gasteiger partial charge in [-0.05, 0) is 92.4 Å². The fourth-order valence-corrected chi connectivity index (χ4v) is 6.86. The highest BCUT2D eigenvalue weighted by atomic mass is 19.1. The van der Waals surface area contributed by atoms with Gasteiger partial charge in [-0.15, -0.1) is 0 Å². The molecule has 3 heterocycles. The average molecular weight is 601 g/mol. The van der Waals surface area contributed by atoms with E-state index < -0.39 is 12.0 Å². The number of amides is 2. The summed E-state index contributed by atoms with van der Waals surface area (Å²) in [4.78, 5) is 34.3. The lowest BCUT2D eigenvalue weighted by Crippen LogP contribution is -2.50. The highest BCUT2D eigenvalue weighted by Crippen LogP contribution is 2.48. The SMILES string of the molecule is CCOc1cc2c(cc1OCC)[C@@H]1[C@H](C(=O)NCCCN3CCN(c4ccc(F)cc4)CC3)c3ccccc3C(=O)N1CC2. The first-order valence-corrected chi connectivity index (χ1v) is 15.8. The fourth-order valence-electron chi connectivity index (χ4n) is 6.86. The Kier molecular flexibility index (Phi) is 9.02. The highest BCUT2D eigenvalue weighted by Gasteiger charge is 2.46. The van der Waals surface area contributed by atoms with Crippen LogP contribution >= 0.6 is 0 Å². The van der Waals surface area contributed by atoms with E-state index in [0.29, 0.717) is 49.8 Å². The van der Waals surface area contributed by atoms with E-state index in [1.807, 2.05) is 67.3 Å². The predicted octanol–water partition coefficient (Wildman–Crippen LogP) is 4.79. The minimum atomic E-state index is -0.533. The van der Waals surface area contributed by atoms with Crippen LogP contribution in [0.5, 0.6) is 11.5 Å². The van der Waals surface area contributed by atoms with E-state index >= 15 is 0 Å². The van der Waals surface area contributed by atoms with Crippen molar-refractivity contribution in [2.45, 2.75) is 38.6 Å². The summed E-state index contributed by atoms with van der Waals surface area (Å²) in [5.74, 6) is 0.481. The number of rotatable bonds is 10. The van der Waals surface area contributed by atoms with Gasteiger partial charge in [0.15, 0.2) is 11.5 Å². The molecule has 0 aromatic heterocycles. The lowest BCUT2D eigenvalue weighted by Gasteiger charge is -2.45. The number of hydrogen-bond donors (Lipinski definition) is 1. The number of halogens is 1. The van der Waals surface area contributed by atoms with Crippen LogP contribution in [0.3, 0.4) is 0 Å². The molecule has 1 N–H and O–H groups in total. The molecule has 0 radical (unpaired) electrons. The first-order valence-electron chi connectivity index (χ1n) is 15.8. The van der Waals surface area contributed by atoms with Gasteiger partial charge in [-0.3, -0.25) is 14.5 Å². The number of nitrogens with zero attached hydrogens (tertiary/aromatic N) is 3. The molecule has 0 spiro atoms. The molecule has 2 atom stereocenters. The number of fused-ring (bicyclic) bond motifs is 4. The summed E-state index contributed by atoms with van der Waals surface area (Å²) in [6.07, 6.45) is 1.52. The summed E-state index contributed by atoms with van der Waals surface area (Å²) in [6, 6.07) is 17.8. The van der Waals surface area contributed by atoms with Crippen LogP contribution in [0.15, 0.2) is 60.7 Å². The smallest absolute Gasteiger partial charge is 0.254 e. The van der Waals surface area contributed by atoms with Crippen LogP contribution in [0.1, 0.15) is 59.3 Å². The maximum atomic E-state index is 14.0. The molecule has 1 saturated heterocycles. The van der Waals surface area contributed by atoms with Gasteiger partial charge in [-0.1, -0.05) is 18.2 Å². The van der Waals surface area contributed by atoms with Gasteiger partial charge in [0, 0.05) is 50.5 Å². The van der Waals surface area contributed by atoms with Crippen molar-refractivity contribution in [3.05, 3.63) is 88.7 Å². The predicted molar refractivity (Wildman–Crippen MR) is 168 cm³/mol. The summed E-state index contributed by atoms with van der Waals surface area (Å²) in [7, 11) is 0. The second kappa shape index (κ2) is 13.3. The summed E-state index contributed by atoms with van der Waals surface area (Å²) in [5, 5.41) is 3.22. The van der Waals surface area contributed by atoms with E-state index in [-0.39, 0.29) is 17.6 Å². The van der Waals surface area contributed by atoms with Crippen LogP contribution in [0.2, 0.25) is 0 Å². The molecule has 232 valence electrons. The van der Waals surface area contributed by atoms with Gasteiger partial charge in [-0.2, -0.15) is 0 Å². The van der Waals surface area contributed by atoms with Gasteiger partial charge in [0.1, 0.15) is 5.82 Å². The third kappa shape index (κ3) is 5.98. The number of anilines is 1. The zero-order valence-corrected chi connectivity index (χ0v) is 25.6. The molecule has 2 amide bonds. The summed E-state index contributed by atoms with van der Waals surface area (Å²) < 4.78 is 25.1. The largest absolute Gasteiger partial charge is 0.490 e. The van der Waals surface area contributed by atoms with Gasteiger partial charge >= 0.3 is 0 Å². The Hall–Kier alpha value is -4.11. The minimum Gasteiger partial charge on any atom is -0.490 e. The van der Waals surface area contributed by atoms with Crippen molar-refractivity contribution >= 4 is 17.5 Å². The number of carbonyl (C=O) groups is 2. The number of hydrogen-bond acceptors (Lipinski definition) is 6. The fraction of sp³-hybridized carbons (Fsp3) is 0.429. The molecular weight excluding hydrogens is 559 g/mol. The normalized spacial score (nSPS) is 19.6. The van der Waals surface area contributed by atoms with Crippen LogP contribution < -0.4 is 19.7 Å². The Balaban J connectivity index is 1.15. The van der Waals surface area contributed by atoms with E-state index in [0.717, 1.165) is 61.5 Å². The molecule has 3 aromatic rings. The topological polar surface area (TPSA) is 74.4 Å². The zero-order chi connectivity index (χ0) is 30.6. The van der Waals surface area contributed by atoms with Crippen LogP contribution in [-0.4, -0.2) is 80.6 Å². The maximum absolute atomic E-state index is 14.0. The monoisotopic (exact) mass is 600 g/mol. The first-order chi connectivity index (χ1) is 21.5. The Bertz CT molecular complexity index is 1490. The van der Waals surface area contributed by atoms with E-state index in [1.165, 1.54) is 12.1 Å². The van der Waals surface area contributed by atoms with Gasteiger partial charge in [-0.25, -0.2) is 4.39 Å². The maximum Gasteiger partial charge on any atom is 0.254 e. The van der Waals surface area contributed by atoms with E-state index in [2.05, 4.69) is 15.1 Å². The van der Waals surface area contributed by atoms with Crippen molar-refractivity contribution in [2.75, 3.05) is 63.9 Å². The summed E-state index contributed by atoms with van der Waals surface area (Å²) in [5.41, 5.74) is 4.45. The Morgan fingerprint density at radius 3 is 2.34 bits per heavy atom. The Morgan fingerprint density at radius 2 is 1.61 bits per heavy atom. The van der Waals surface area contributed by atoms with Gasteiger partial charge in [0.05, 0.1) is 25.2 Å².